The van der Waals surface area contributed by atoms with Crippen LogP contribution in [0.1, 0.15) is 26.7 Å². The first kappa shape index (κ1) is 13.0. The Bertz CT molecular complexity index is 264. The van der Waals surface area contributed by atoms with Gasteiger partial charge >= 0.3 is 5.97 Å². The zero-order chi connectivity index (χ0) is 12.1. The zero-order valence-electron chi connectivity index (χ0n) is 9.90. The molecule has 1 aliphatic heterocycles. The molecule has 0 aliphatic carbocycles. The molecule has 1 unspecified atom stereocenters. The van der Waals surface area contributed by atoms with Crippen LogP contribution in [0.5, 0.6) is 0 Å². The second-order valence-electron chi connectivity index (χ2n) is 4.36. The van der Waals surface area contributed by atoms with E-state index in [2.05, 4.69) is 5.32 Å². The molecule has 0 aromatic heterocycles. The second kappa shape index (κ2) is 5.84. The highest BCUT2D eigenvalue weighted by Gasteiger charge is 2.26. The van der Waals surface area contributed by atoms with E-state index in [1.54, 1.807) is 11.8 Å². The van der Waals surface area contributed by atoms with Gasteiger partial charge in [-0.15, -0.1) is 0 Å². The minimum absolute atomic E-state index is 0.0164. The van der Waals surface area contributed by atoms with Crippen molar-refractivity contribution in [3.8, 4) is 0 Å². The monoisotopic (exact) mass is 228 g/mol. The maximum atomic E-state index is 11.9. The molecular formula is C11H20N2O3. The van der Waals surface area contributed by atoms with Gasteiger partial charge in [0, 0.05) is 19.0 Å². The molecule has 0 bridgehead atoms. The number of amides is 1. The van der Waals surface area contributed by atoms with Gasteiger partial charge in [-0.05, 0) is 32.9 Å². The van der Waals surface area contributed by atoms with Crippen molar-refractivity contribution >= 4 is 11.9 Å². The number of nitrogens with one attached hydrogen (secondary N) is 1. The van der Waals surface area contributed by atoms with Gasteiger partial charge in [0.05, 0.1) is 6.42 Å². The third-order valence-corrected chi connectivity index (χ3v) is 2.99. The van der Waals surface area contributed by atoms with Gasteiger partial charge in [0.1, 0.15) is 0 Å². The molecule has 0 spiro atoms. The molecule has 5 heteroatoms. The van der Waals surface area contributed by atoms with E-state index in [0.29, 0.717) is 18.9 Å². The van der Waals surface area contributed by atoms with Crippen LogP contribution in [0.25, 0.3) is 0 Å². The number of hydrogen-bond donors (Lipinski definition) is 2. The van der Waals surface area contributed by atoms with Crippen molar-refractivity contribution in [3.05, 3.63) is 0 Å². The largest absolute Gasteiger partial charge is 0.481 e. The molecule has 1 amide bonds. The summed E-state index contributed by atoms with van der Waals surface area (Å²) in [6.07, 6.45) is 0.549. The van der Waals surface area contributed by atoms with E-state index in [4.69, 9.17) is 5.11 Å². The molecule has 1 fully saturated rings. The van der Waals surface area contributed by atoms with Crippen LogP contribution in [0, 0.1) is 5.92 Å². The number of rotatable bonds is 6. The maximum Gasteiger partial charge on any atom is 0.305 e. The van der Waals surface area contributed by atoms with Crippen LogP contribution in [0.4, 0.5) is 0 Å². The average Bonchev–Trinajstić information content (AvgIpc) is 2.11. The molecule has 0 saturated carbocycles. The van der Waals surface area contributed by atoms with Gasteiger partial charge in [0.25, 0.3) is 0 Å². The summed E-state index contributed by atoms with van der Waals surface area (Å²) in [5.74, 6) is -0.356. The Morgan fingerprint density at radius 2 is 2.12 bits per heavy atom. The molecule has 1 aliphatic rings. The van der Waals surface area contributed by atoms with Crippen LogP contribution in [0.3, 0.4) is 0 Å². The second-order valence-corrected chi connectivity index (χ2v) is 4.36. The van der Waals surface area contributed by atoms with Crippen LogP contribution in [0.15, 0.2) is 0 Å². The molecule has 1 heterocycles. The molecular weight excluding hydrogens is 208 g/mol. The Morgan fingerprint density at radius 1 is 1.50 bits per heavy atom. The fourth-order valence-electron chi connectivity index (χ4n) is 1.95. The summed E-state index contributed by atoms with van der Waals surface area (Å²) in [4.78, 5) is 24.2. The number of carbonyl (C=O) groups excluding carboxylic acids is 1. The number of nitrogens with zero attached hydrogens (tertiary/aromatic N) is 1. The predicted molar refractivity (Wildman–Crippen MR) is 60.1 cm³/mol. The number of carboxylic acids is 1. The van der Waals surface area contributed by atoms with Crippen molar-refractivity contribution in [2.75, 3.05) is 19.6 Å². The van der Waals surface area contributed by atoms with Crippen molar-refractivity contribution in [2.24, 2.45) is 5.92 Å². The third kappa shape index (κ3) is 3.48. The first-order valence-corrected chi connectivity index (χ1v) is 5.76. The van der Waals surface area contributed by atoms with Crippen LogP contribution in [-0.4, -0.2) is 47.6 Å². The van der Waals surface area contributed by atoms with Crippen molar-refractivity contribution in [3.63, 3.8) is 0 Å². The third-order valence-electron chi connectivity index (χ3n) is 2.99. The van der Waals surface area contributed by atoms with Gasteiger partial charge in [-0.1, -0.05) is 0 Å². The Morgan fingerprint density at radius 3 is 2.50 bits per heavy atom. The van der Waals surface area contributed by atoms with E-state index in [1.807, 2.05) is 6.92 Å². The van der Waals surface area contributed by atoms with Gasteiger partial charge in [-0.25, -0.2) is 0 Å². The molecule has 0 aromatic rings. The van der Waals surface area contributed by atoms with E-state index in [-0.39, 0.29) is 18.4 Å². The smallest absolute Gasteiger partial charge is 0.305 e. The van der Waals surface area contributed by atoms with Gasteiger partial charge in [0.2, 0.25) is 5.91 Å². The Labute approximate surface area is 95.8 Å². The summed E-state index contributed by atoms with van der Waals surface area (Å²) in [6.45, 7) is 6.05. The van der Waals surface area contributed by atoms with Gasteiger partial charge < -0.3 is 15.3 Å². The van der Waals surface area contributed by atoms with Crippen molar-refractivity contribution in [2.45, 2.75) is 32.7 Å². The summed E-state index contributed by atoms with van der Waals surface area (Å²) in [7, 11) is 0. The molecule has 16 heavy (non-hydrogen) atoms. The van der Waals surface area contributed by atoms with Crippen LogP contribution >= 0.6 is 0 Å². The van der Waals surface area contributed by atoms with Crippen molar-refractivity contribution in [1.29, 1.82) is 0 Å². The standard InChI is InChI=1S/C11H20N2O3/c1-3-13(8(2)4-11(15)16)10(14)5-9-6-12-7-9/h8-9,12H,3-7H2,1-2H3,(H,15,16). The molecule has 1 rings (SSSR count). The molecule has 1 atom stereocenters. The Balaban J connectivity index is 2.44. The lowest BCUT2D eigenvalue weighted by molar-refractivity contribution is -0.140. The first-order chi connectivity index (χ1) is 7.54. The number of hydrogen-bond acceptors (Lipinski definition) is 3. The normalized spacial score (nSPS) is 17.6. The Hall–Kier alpha value is -1.10. The summed E-state index contributed by atoms with van der Waals surface area (Å²) in [6, 6.07) is -0.219. The van der Waals surface area contributed by atoms with Crippen LogP contribution in [0.2, 0.25) is 0 Å². The molecule has 5 nitrogen and oxygen atoms in total. The fourth-order valence-corrected chi connectivity index (χ4v) is 1.95. The summed E-state index contributed by atoms with van der Waals surface area (Å²) >= 11 is 0. The fraction of sp³-hybridized carbons (Fsp3) is 0.818. The van der Waals surface area contributed by atoms with Crippen molar-refractivity contribution < 1.29 is 14.7 Å². The Kier molecular flexibility index (Phi) is 4.73. The van der Waals surface area contributed by atoms with Gasteiger partial charge in [0.15, 0.2) is 0 Å². The number of aliphatic carboxylic acids is 1. The molecule has 0 aromatic carbocycles. The van der Waals surface area contributed by atoms with Crippen molar-refractivity contribution in [1.82, 2.24) is 10.2 Å². The quantitative estimate of drug-likeness (QED) is 0.686. The lowest BCUT2D eigenvalue weighted by Crippen LogP contribution is -2.47. The van der Waals surface area contributed by atoms with E-state index < -0.39 is 5.97 Å². The van der Waals surface area contributed by atoms with E-state index in [1.165, 1.54) is 0 Å². The van der Waals surface area contributed by atoms with E-state index >= 15 is 0 Å². The van der Waals surface area contributed by atoms with Crippen LogP contribution < -0.4 is 5.32 Å². The summed E-state index contributed by atoms with van der Waals surface area (Å²) in [5, 5.41) is 11.8. The molecule has 2 N–H and O–H groups in total. The summed E-state index contributed by atoms with van der Waals surface area (Å²) < 4.78 is 0. The highest BCUT2D eigenvalue weighted by molar-refractivity contribution is 5.78. The topological polar surface area (TPSA) is 69.6 Å². The number of carbonyl (C=O) groups is 2. The van der Waals surface area contributed by atoms with Crippen LogP contribution in [-0.2, 0) is 9.59 Å². The molecule has 1 saturated heterocycles. The maximum absolute atomic E-state index is 11.9. The van der Waals surface area contributed by atoms with E-state index in [0.717, 1.165) is 13.1 Å². The molecule has 0 radical (unpaired) electrons. The zero-order valence-corrected chi connectivity index (χ0v) is 9.90. The highest BCUT2D eigenvalue weighted by Crippen LogP contribution is 2.13. The lowest BCUT2D eigenvalue weighted by atomic mass is 9.98. The highest BCUT2D eigenvalue weighted by atomic mass is 16.4. The summed E-state index contributed by atoms with van der Waals surface area (Å²) in [5.41, 5.74) is 0. The minimum Gasteiger partial charge on any atom is -0.481 e. The van der Waals surface area contributed by atoms with Gasteiger partial charge in [-0.2, -0.15) is 0 Å². The first-order valence-electron chi connectivity index (χ1n) is 5.76. The minimum atomic E-state index is -0.857. The number of carboxylic acid groups (broad SMARTS) is 1. The van der Waals surface area contributed by atoms with Gasteiger partial charge in [-0.3, -0.25) is 9.59 Å². The average molecular weight is 228 g/mol. The molecule has 92 valence electrons. The van der Waals surface area contributed by atoms with E-state index in [9.17, 15) is 9.59 Å². The predicted octanol–water partition coefficient (Wildman–Crippen LogP) is 0.308. The SMILES string of the molecule is CCN(C(=O)CC1CNC1)C(C)CC(=O)O. The lowest BCUT2D eigenvalue weighted by Gasteiger charge is -2.32.